The highest BCUT2D eigenvalue weighted by molar-refractivity contribution is 5.71. The van der Waals surface area contributed by atoms with Gasteiger partial charge >= 0.3 is 0 Å². The van der Waals surface area contributed by atoms with Crippen molar-refractivity contribution in [3.8, 4) is 45.3 Å². The Bertz CT molecular complexity index is 1460. The second-order valence-corrected chi connectivity index (χ2v) is 9.90. The Hall–Kier alpha value is -4.70. The minimum Gasteiger partial charge on any atom is -0.508 e. The molecule has 190 valence electrons. The van der Waals surface area contributed by atoms with Crippen molar-refractivity contribution in [3.63, 3.8) is 0 Å². The summed E-state index contributed by atoms with van der Waals surface area (Å²) >= 11 is 0. The third-order valence-electron chi connectivity index (χ3n) is 7.01. The van der Waals surface area contributed by atoms with Crippen molar-refractivity contribution in [3.05, 3.63) is 131 Å². The number of benzene rings is 5. The SMILES string of the molecule is CC(C)c1ccc(C(c2cc(-c3ccc(O)cc3)ccc2O)c2cc(-c3ccc(O)cc3)ccc2O)cc1. The molecule has 0 aliphatic heterocycles. The second kappa shape index (κ2) is 10.3. The van der Waals surface area contributed by atoms with Crippen LogP contribution in [0, 0.1) is 0 Å². The average Bonchev–Trinajstić information content (AvgIpc) is 2.92. The number of aromatic hydroxyl groups is 4. The molecule has 0 aliphatic carbocycles. The fourth-order valence-electron chi connectivity index (χ4n) is 4.84. The Kier molecular flexibility index (Phi) is 6.80. The van der Waals surface area contributed by atoms with Crippen LogP contribution in [-0.4, -0.2) is 20.4 Å². The van der Waals surface area contributed by atoms with Crippen molar-refractivity contribution in [1.29, 1.82) is 0 Å². The molecule has 5 aromatic carbocycles. The zero-order chi connectivity index (χ0) is 26.8. The van der Waals surface area contributed by atoms with Gasteiger partial charge in [-0.05, 0) is 87.8 Å². The van der Waals surface area contributed by atoms with Gasteiger partial charge in [-0.25, -0.2) is 0 Å². The summed E-state index contributed by atoms with van der Waals surface area (Å²) in [5.74, 6) is 0.545. The van der Waals surface area contributed by atoms with E-state index in [0.29, 0.717) is 17.0 Å². The van der Waals surface area contributed by atoms with E-state index < -0.39 is 5.92 Å². The lowest BCUT2D eigenvalue weighted by molar-refractivity contribution is 0.458. The van der Waals surface area contributed by atoms with Crippen molar-refractivity contribution in [2.75, 3.05) is 0 Å². The summed E-state index contributed by atoms with van der Waals surface area (Å²) in [6.45, 7) is 4.29. The topological polar surface area (TPSA) is 80.9 Å². The molecule has 0 bridgehead atoms. The normalized spacial score (nSPS) is 11.3. The van der Waals surface area contributed by atoms with Crippen LogP contribution in [0.3, 0.4) is 0 Å². The van der Waals surface area contributed by atoms with E-state index in [2.05, 4.69) is 38.1 Å². The van der Waals surface area contributed by atoms with Crippen LogP contribution in [-0.2, 0) is 0 Å². The van der Waals surface area contributed by atoms with Gasteiger partial charge in [-0.15, -0.1) is 0 Å². The molecule has 4 N–H and O–H groups in total. The summed E-state index contributed by atoms with van der Waals surface area (Å²) in [6, 6.07) is 33.1. The van der Waals surface area contributed by atoms with Gasteiger partial charge in [-0.3, -0.25) is 0 Å². The van der Waals surface area contributed by atoms with Gasteiger partial charge < -0.3 is 20.4 Å². The maximum Gasteiger partial charge on any atom is 0.119 e. The fraction of sp³-hybridized carbons (Fsp3) is 0.118. The molecule has 5 aromatic rings. The number of phenols is 4. The highest BCUT2D eigenvalue weighted by Gasteiger charge is 2.24. The molecule has 0 atom stereocenters. The Morgan fingerprint density at radius 3 is 1.18 bits per heavy atom. The van der Waals surface area contributed by atoms with Crippen LogP contribution in [0.4, 0.5) is 0 Å². The first kappa shape index (κ1) is 25.0. The third-order valence-corrected chi connectivity index (χ3v) is 7.01. The first-order valence-corrected chi connectivity index (χ1v) is 12.6. The lowest BCUT2D eigenvalue weighted by Gasteiger charge is -2.23. The molecular formula is C34H30O4. The minimum atomic E-state index is -0.453. The van der Waals surface area contributed by atoms with Gasteiger partial charge in [0, 0.05) is 17.0 Å². The Morgan fingerprint density at radius 2 is 0.789 bits per heavy atom. The quantitative estimate of drug-likeness (QED) is 0.177. The summed E-state index contributed by atoms with van der Waals surface area (Å²) in [5, 5.41) is 41.7. The number of phenolic OH excluding ortho intramolecular Hbond substituents is 4. The summed E-state index contributed by atoms with van der Waals surface area (Å²) < 4.78 is 0. The van der Waals surface area contributed by atoms with Gasteiger partial charge in [0.15, 0.2) is 0 Å². The van der Waals surface area contributed by atoms with E-state index >= 15 is 0 Å². The Morgan fingerprint density at radius 1 is 0.421 bits per heavy atom. The van der Waals surface area contributed by atoms with Crippen LogP contribution in [0.25, 0.3) is 22.3 Å². The van der Waals surface area contributed by atoms with E-state index in [4.69, 9.17) is 0 Å². The standard InChI is InChI=1S/C34H30O4/c1-21(2)22-3-5-25(6-4-22)34(30-19-26(11-17-32(30)37)23-7-13-28(35)14-8-23)31-20-27(12-18-33(31)38)24-9-15-29(36)16-10-24/h3-21,34-38H,1-2H3. The summed E-state index contributed by atoms with van der Waals surface area (Å²) in [4.78, 5) is 0. The molecule has 0 radical (unpaired) electrons. The average molecular weight is 503 g/mol. The maximum absolute atomic E-state index is 11.1. The summed E-state index contributed by atoms with van der Waals surface area (Å²) in [6.07, 6.45) is 0. The van der Waals surface area contributed by atoms with Crippen LogP contribution < -0.4 is 0 Å². The molecule has 0 aliphatic rings. The number of rotatable bonds is 6. The molecule has 38 heavy (non-hydrogen) atoms. The smallest absolute Gasteiger partial charge is 0.119 e. The molecular weight excluding hydrogens is 472 g/mol. The molecule has 0 amide bonds. The van der Waals surface area contributed by atoms with Crippen LogP contribution in [0.5, 0.6) is 23.0 Å². The van der Waals surface area contributed by atoms with Crippen LogP contribution in [0.1, 0.15) is 47.9 Å². The largest absolute Gasteiger partial charge is 0.508 e. The molecule has 0 heterocycles. The number of hydrogen-bond donors (Lipinski definition) is 4. The lowest BCUT2D eigenvalue weighted by Crippen LogP contribution is -2.05. The molecule has 0 spiro atoms. The third kappa shape index (κ3) is 5.07. The van der Waals surface area contributed by atoms with E-state index in [1.165, 1.54) is 5.56 Å². The van der Waals surface area contributed by atoms with Crippen molar-refractivity contribution in [2.45, 2.75) is 25.7 Å². The minimum absolute atomic E-state index is 0.125. The predicted octanol–water partition coefficient (Wildman–Crippen LogP) is 8.15. The van der Waals surface area contributed by atoms with Crippen molar-refractivity contribution in [1.82, 2.24) is 0 Å². The van der Waals surface area contributed by atoms with Crippen LogP contribution >= 0.6 is 0 Å². The molecule has 0 saturated heterocycles. The molecule has 0 saturated carbocycles. The Balaban J connectivity index is 1.70. The van der Waals surface area contributed by atoms with Crippen molar-refractivity contribution >= 4 is 0 Å². The van der Waals surface area contributed by atoms with E-state index in [9.17, 15) is 20.4 Å². The second-order valence-electron chi connectivity index (χ2n) is 9.90. The highest BCUT2D eigenvalue weighted by atomic mass is 16.3. The predicted molar refractivity (Wildman–Crippen MR) is 152 cm³/mol. The van der Waals surface area contributed by atoms with Gasteiger partial charge in [0.1, 0.15) is 23.0 Å². The van der Waals surface area contributed by atoms with Gasteiger partial charge in [0.25, 0.3) is 0 Å². The summed E-state index contributed by atoms with van der Waals surface area (Å²) in [7, 11) is 0. The number of hydrogen-bond acceptors (Lipinski definition) is 4. The van der Waals surface area contributed by atoms with Gasteiger partial charge in [-0.1, -0.05) is 74.5 Å². The van der Waals surface area contributed by atoms with Crippen molar-refractivity contribution < 1.29 is 20.4 Å². The molecule has 5 rings (SSSR count). The highest BCUT2D eigenvalue weighted by Crippen LogP contribution is 2.43. The zero-order valence-electron chi connectivity index (χ0n) is 21.3. The van der Waals surface area contributed by atoms with Crippen LogP contribution in [0.2, 0.25) is 0 Å². The first-order chi connectivity index (χ1) is 18.3. The monoisotopic (exact) mass is 502 g/mol. The van der Waals surface area contributed by atoms with E-state index in [1.807, 2.05) is 48.5 Å². The molecule has 4 nitrogen and oxygen atoms in total. The molecule has 0 unspecified atom stereocenters. The van der Waals surface area contributed by atoms with E-state index in [-0.39, 0.29) is 23.0 Å². The fourth-order valence-corrected chi connectivity index (χ4v) is 4.84. The summed E-state index contributed by atoms with van der Waals surface area (Å²) in [5.41, 5.74) is 7.03. The van der Waals surface area contributed by atoms with Gasteiger partial charge in [0.2, 0.25) is 0 Å². The maximum atomic E-state index is 11.1. The molecule has 4 heteroatoms. The van der Waals surface area contributed by atoms with Gasteiger partial charge in [-0.2, -0.15) is 0 Å². The van der Waals surface area contributed by atoms with Crippen LogP contribution in [0.15, 0.2) is 109 Å². The lowest BCUT2D eigenvalue weighted by atomic mass is 9.81. The van der Waals surface area contributed by atoms with Crippen molar-refractivity contribution in [2.24, 2.45) is 0 Å². The first-order valence-electron chi connectivity index (χ1n) is 12.6. The Labute approximate surface area is 222 Å². The van der Waals surface area contributed by atoms with Gasteiger partial charge in [0.05, 0.1) is 0 Å². The zero-order valence-corrected chi connectivity index (χ0v) is 21.3. The molecule has 0 fully saturated rings. The van der Waals surface area contributed by atoms with E-state index in [0.717, 1.165) is 27.8 Å². The molecule has 0 aromatic heterocycles. The van der Waals surface area contributed by atoms with E-state index in [1.54, 1.807) is 36.4 Å².